The van der Waals surface area contributed by atoms with Crippen LogP contribution < -0.4 is 16.4 Å². The molecule has 0 radical (unpaired) electrons. The Kier molecular flexibility index (Phi) is 4.72. The van der Waals surface area contributed by atoms with Crippen LogP contribution in [0.2, 0.25) is 0 Å². The fourth-order valence-electron chi connectivity index (χ4n) is 3.06. The van der Waals surface area contributed by atoms with Crippen molar-refractivity contribution in [2.75, 3.05) is 5.32 Å². The van der Waals surface area contributed by atoms with Crippen molar-refractivity contribution in [3.05, 3.63) is 69.9 Å². The van der Waals surface area contributed by atoms with Gasteiger partial charge >= 0.3 is 0 Å². The number of aryl methyl sites for hydroxylation is 3. The molecule has 1 atom stereocenters. The Hall–Kier alpha value is -2.47. The Labute approximate surface area is 152 Å². The molecule has 0 aliphatic carbocycles. The molecule has 2 heterocycles. The molecule has 1 aromatic heterocycles. The molecular weight excluding hydrogens is 332 g/mol. The Morgan fingerprint density at radius 2 is 1.92 bits per heavy atom. The first-order valence-electron chi connectivity index (χ1n) is 8.22. The third-order valence-corrected chi connectivity index (χ3v) is 5.49. The maximum atomic E-state index is 11.7. The number of thioether (sulfide) groups is 1. The molecule has 0 spiro atoms. The number of benzene rings is 1. The van der Waals surface area contributed by atoms with E-state index in [4.69, 9.17) is 5.73 Å². The molecule has 1 amide bonds. The summed E-state index contributed by atoms with van der Waals surface area (Å²) in [5.74, 6) is 0.309. The van der Waals surface area contributed by atoms with Gasteiger partial charge in [-0.05, 0) is 43.5 Å². The number of primary amides is 1. The van der Waals surface area contributed by atoms with E-state index in [-0.39, 0.29) is 0 Å². The molecule has 4 N–H and O–H groups in total. The lowest BCUT2D eigenvalue weighted by Gasteiger charge is -2.34. The highest BCUT2D eigenvalue weighted by Crippen LogP contribution is 2.45. The first-order valence-corrected chi connectivity index (χ1v) is 9.04. The Morgan fingerprint density at radius 1 is 1.24 bits per heavy atom. The molecule has 1 aliphatic rings. The molecule has 1 aromatic carbocycles. The molecule has 25 heavy (non-hydrogen) atoms. The second kappa shape index (κ2) is 6.80. The van der Waals surface area contributed by atoms with E-state index in [0.29, 0.717) is 4.91 Å². The minimum atomic E-state index is -0.723. The van der Waals surface area contributed by atoms with Crippen molar-refractivity contribution < 1.29 is 4.79 Å². The first-order chi connectivity index (χ1) is 11.9. The van der Waals surface area contributed by atoms with Crippen molar-refractivity contribution in [3.63, 3.8) is 0 Å². The number of nitrogens with zero attached hydrogens (tertiary/aromatic N) is 1. The predicted octanol–water partition coefficient (Wildman–Crippen LogP) is 3.15. The van der Waals surface area contributed by atoms with Gasteiger partial charge in [0.05, 0.1) is 4.91 Å². The van der Waals surface area contributed by atoms with E-state index in [9.17, 15) is 4.79 Å². The third kappa shape index (κ3) is 3.35. The summed E-state index contributed by atoms with van der Waals surface area (Å²) in [5, 5.41) is 6.83. The lowest BCUT2D eigenvalue weighted by Crippen LogP contribution is -2.42. The van der Waals surface area contributed by atoms with Crippen LogP contribution in [0.15, 0.2) is 47.5 Å². The molecule has 3 rings (SSSR count). The van der Waals surface area contributed by atoms with Gasteiger partial charge < -0.3 is 16.4 Å². The van der Waals surface area contributed by atoms with Gasteiger partial charge in [0, 0.05) is 17.5 Å². The van der Waals surface area contributed by atoms with E-state index < -0.39 is 10.9 Å². The van der Waals surface area contributed by atoms with Crippen LogP contribution in [0.4, 0.5) is 5.82 Å². The van der Waals surface area contributed by atoms with Gasteiger partial charge in [0.2, 0.25) is 0 Å². The number of aromatic nitrogens is 1. The fourth-order valence-corrected chi connectivity index (χ4v) is 4.30. The molecule has 6 heteroatoms. The monoisotopic (exact) mass is 354 g/mol. The standard InChI is InChI=1S/C19H22N4OS/c1-4-14-9-6-10-16(22-14)23-19(21-11-15(25-19)18(20)24)17-12(2)7-5-8-13(17)3/h5-11,21H,4H2,1-3H3,(H2,20,24)(H,22,23). The summed E-state index contributed by atoms with van der Waals surface area (Å²) in [6.07, 6.45) is 2.53. The average Bonchev–Trinajstić information content (AvgIpc) is 3.00. The van der Waals surface area contributed by atoms with Crippen molar-refractivity contribution in [2.24, 2.45) is 5.73 Å². The number of hydrogen-bond acceptors (Lipinski definition) is 5. The second-order valence-corrected chi connectivity index (χ2v) is 7.32. The predicted molar refractivity (Wildman–Crippen MR) is 103 cm³/mol. The van der Waals surface area contributed by atoms with E-state index in [1.807, 2.05) is 24.3 Å². The number of anilines is 1. The SMILES string of the molecule is CCc1cccc(NC2(c3c(C)cccc3C)NC=C(C(N)=O)S2)n1. The van der Waals surface area contributed by atoms with E-state index >= 15 is 0 Å². The number of nitrogens with one attached hydrogen (secondary N) is 2. The van der Waals surface area contributed by atoms with Gasteiger partial charge in [0.25, 0.3) is 5.91 Å². The maximum Gasteiger partial charge on any atom is 0.256 e. The van der Waals surface area contributed by atoms with Crippen LogP contribution in [0.3, 0.4) is 0 Å². The van der Waals surface area contributed by atoms with E-state index in [0.717, 1.165) is 34.6 Å². The van der Waals surface area contributed by atoms with Crippen LogP contribution >= 0.6 is 11.8 Å². The summed E-state index contributed by atoms with van der Waals surface area (Å²) in [5.41, 5.74) is 9.83. The number of rotatable bonds is 5. The van der Waals surface area contributed by atoms with Crippen molar-refractivity contribution >= 4 is 23.5 Å². The summed E-state index contributed by atoms with van der Waals surface area (Å²) in [7, 11) is 0. The largest absolute Gasteiger partial charge is 0.365 e. The molecule has 1 aliphatic heterocycles. The van der Waals surface area contributed by atoms with Gasteiger partial charge in [-0.2, -0.15) is 0 Å². The topological polar surface area (TPSA) is 80.0 Å². The maximum absolute atomic E-state index is 11.7. The number of amides is 1. The van der Waals surface area contributed by atoms with Gasteiger partial charge in [-0.15, -0.1) is 0 Å². The fraction of sp³-hybridized carbons (Fsp3) is 0.263. The van der Waals surface area contributed by atoms with Crippen LogP contribution in [-0.2, 0) is 16.2 Å². The Morgan fingerprint density at radius 3 is 2.52 bits per heavy atom. The van der Waals surface area contributed by atoms with Crippen LogP contribution in [-0.4, -0.2) is 10.9 Å². The van der Waals surface area contributed by atoms with Gasteiger partial charge in [0.1, 0.15) is 5.82 Å². The number of hydrogen-bond donors (Lipinski definition) is 3. The number of carbonyl (C=O) groups is 1. The smallest absolute Gasteiger partial charge is 0.256 e. The Bertz CT molecular complexity index is 829. The molecule has 2 aromatic rings. The quantitative estimate of drug-likeness (QED) is 0.769. The minimum absolute atomic E-state index is 0.442. The third-order valence-electron chi connectivity index (χ3n) is 4.22. The molecular formula is C19H22N4OS. The highest BCUT2D eigenvalue weighted by molar-refractivity contribution is 8.05. The summed E-state index contributed by atoms with van der Waals surface area (Å²) >= 11 is 1.38. The van der Waals surface area contributed by atoms with E-state index in [2.05, 4.69) is 48.5 Å². The van der Waals surface area contributed by atoms with E-state index in [1.165, 1.54) is 11.8 Å². The highest BCUT2D eigenvalue weighted by atomic mass is 32.2. The Balaban J connectivity index is 2.06. The lowest BCUT2D eigenvalue weighted by molar-refractivity contribution is -0.113. The molecule has 5 nitrogen and oxygen atoms in total. The molecule has 1 unspecified atom stereocenters. The molecule has 130 valence electrons. The van der Waals surface area contributed by atoms with Crippen LogP contribution in [0.5, 0.6) is 0 Å². The molecule has 0 bridgehead atoms. The van der Waals surface area contributed by atoms with Crippen LogP contribution in [0.1, 0.15) is 29.3 Å². The summed E-state index contributed by atoms with van der Waals surface area (Å²) < 4.78 is 0. The zero-order valence-corrected chi connectivity index (χ0v) is 15.4. The molecule has 0 fully saturated rings. The normalized spacial score (nSPS) is 19.2. The zero-order valence-electron chi connectivity index (χ0n) is 14.6. The van der Waals surface area contributed by atoms with Crippen molar-refractivity contribution in [1.82, 2.24) is 10.3 Å². The average molecular weight is 354 g/mol. The number of pyridine rings is 1. The van der Waals surface area contributed by atoms with E-state index in [1.54, 1.807) is 6.20 Å². The summed E-state index contributed by atoms with van der Waals surface area (Å²) in [4.78, 5) is 16.1. The number of nitrogens with two attached hydrogens (primary N) is 1. The van der Waals surface area contributed by atoms with Crippen molar-refractivity contribution in [1.29, 1.82) is 0 Å². The highest BCUT2D eigenvalue weighted by Gasteiger charge is 2.41. The zero-order chi connectivity index (χ0) is 18.0. The molecule has 0 saturated carbocycles. The lowest BCUT2D eigenvalue weighted by atomic mass is 9.99. The summed E-state index contributed by atoms with van der Waals surface area (Å²) in [6, 6.07) is 12.1. The minimum Gasteiger partial charge on any atom is -0.365 e. The molecule has 0 saturated heterocycles. The van der Waals surface area contributed by atoms with Gasteiger partial charge in [-0.25, -0.2) is 4.98 Å². The number of carbonyl (C=O) groups excluding carboxylic acids is 1. The van der Waals surface area contributed by atoms with Gasteiger partial charge in [-0.3, -0.25) is 4.79 Å². The van der Waals surface area contributed by atoms with Gasteiger partial charge in [0.15, 0.2) is 4.99 Å². The van der Waals surface area contributed by atoms with Crippen LogP contribution in [0.25, 0.3) is 0 Å². The van der Waals surface area contributed by atoms with Crippen molar-refractivity contribution in [3.8, 4) is 0 Å². The summed E-state index contributed by atoms with van der Waals surface area (Å²) in [6.45, 7) is 6.20. The van der Waals surface area contributed by atoms with Crippen molar-refractivity contribution in [2.45, 2.75) is 32.2 Å². The van der Waals surface area contributed by atoms with Crippen LogP contribution in [0, 0.1) is 13.8 Å². The first kappa shape index (κ1) is 17.4. The second-order valence-electron chi connectivity index (χ2n) is 6.06. The van der Waals surface area contributed by atoms with Gasteiger partial charge in [-0.1, -0.05) is 43.0 Å².